The molecule has 1 unspecified atom stereocenters. The van der Waals surface area contributed by atoms with Gasteiger partial charge in [-0.05, 0) is 83.2 Å². The smallest absolute Gasteiger partial charge is 0.0540 e. The van der Waals surface area contributed by atoms with Gasteiger partial charge < -0.3 is 9.88 Å². The summed E-state index contributed by atoms with van der Waals surface area (Å²) in [5, 5.41) is 4.97. The van der Waals surface area contributed by atoms with Crippen LogP contribution in [-0.2, 0) is 6.42 Å². The van der Waals surface area contributed by atoms with E-state index in [-0.39, 0.29) is 5.92 Å². The maximum atomic E-state index is 4.35. The third-order valence-electron chi connectivity index (χ3n) is 9.69. The first kappa shape index (κ1) is 34.1. The van der Waals surface area contributed by atoms with Gasteiger partial charge in [0.25, 0.3) is 0 Å². The largest absolute Gasteiger partial charge is 0.356 e. The Morgan fingerprint density at radius 1 is 0.788 bits per heavy atom. The number of benzene rings is 5. The molecule has 0 bridgehead atoms. The first-order valence-electron chi connectivity index (χ1n) is 18.0. The molecule has 1 N–H and O–H groups in total. The highest BCUT2D eigenvalue weighted by Crippen LogP contribution is 2.40. The minimum atomic E-state index is 0.206. The number of allylic oxidation sites excluding steroid dienone is 10. The topological polar surface area (TPSA) is 17.0 Å². The van der Waals surface area contributed by atoms with Crippen molar-refractivity contribution in [3.8, 4) is 5.69 Å². The van der Waals surface area contributed by atoms with Crippen molar-refractivity contribution in [2.75, 3.05) is 5.32 Å². The fourth-order valence-corrected chi connectivity index (χ4v) is 7.13. The molecule has 6 aromatic rings. The minimum Gasteiger partial charge on any atom is -0.356 e. The second-order valence-corrected chi connectivity index (χ2v) is 13.1. The van der Waals surface area contributed by atoms with Crippen molar-refractivity contribution >= 4 is 33.8 Å². The molecule has 0 spiro atoms. The van der Waals surface area contributed by atoms with Crippen LogP contribution in [0.1, 0.15) is 52.8 Å². The number of aromatic nitrogens is 1. The van der Waals surface area contributed by atoms with Gasteiger partial charge in [-0.3, -0.25) is 0 Å². The molecular weight excluding hydrogens is 629 g/mol. The molecule has 5 aromatic carbocycles. The summed E-state index contributed by atoms with van der Waals surface area (Å²) in [7, 11) is 0. The Balaban J connectivity index is 1.19. The van der Waals surface area contributed by atoms with E-state index in [0.29, 0.717) is 0 Å². The lowest BCUT2D eigenvalue weighted by atomic mass is 9.87. The van der Waals surface area contributed by atoms with Gasteiger partial charge in [0.05, 0.1) is 5.52 Å². The summed E-state index contributed by atoms with van der Waals surface area (Å²) in [6.45, 7) is 10.4. The van der Waals surface area contributed by atoms with Gasteiger partial charge >= 0.3 is 0 Å². The van der Waals surface area contributed by atoms with Crippen molar-refractivity contribution in [2.24, 2.45) is 0 Å². The van der Waals surface area contributed by atoms with E-state index in [0.717, 1.165) is 41.1 Å². The molecule has 254 valence electrons. The molecule has 0 saturated carbocycles. The molecule has 1 heterocycles. The zero-order valence-corrected chi connectivity index (χ0v) is 29.8. The molecule has 1 aliphatic rings. The van der Waals surface area contributed by atoms with Crippen molar-refractivity contribution in [3.63, 3.8) is 0 Å². The molecule has 1 aliphatic carbocycles. The van der Waals surface area contributed by atoms with E-state index >= 15 is 0 Å². The van der Waals surface area contributed by atoms with Gasteiger partial charge in [-0.25, -0.2) is 0 Å². The Morgan fingerprint density at radius 3 is 2.21 bits per heavy atom. The zero-order valence-electron chi connectivity index (χ0n) is 29.8. The average molecular weight is 673 g/mol. The van der Waals surface area contributed by atoms with E-state index in [1.54, 1.807) is 0 Å². The van der Waals surface area contributed by atoms with Crippen molar-refractivity contribution < 1.29 is 0 Å². The van der Waals surface area contributed by atoms with Crippen LogP contribution in [0.2, 0.25) is 0 Å². The van der Waals surface area contributed by atoms with E-state index in [2.05, 4.69) is 206 Å². The maximum absolute atomic E-state index is 4.35. The van der Waals surface area contributed by atoms with Crippen LogP contribution in [0, 0.1) is 0 Å². The van der Waals surface area contributed by atoms with Crippen LogP contribution in [0.3, 0.4) is 0 Å². The van der Waals surface area contributed by atoms with E-state index in [1.165, 1.54) is 44.4 Å². The standard InChI is InChI=1S/C50H44N2/c1-4-6-26-47-49(35-38-18-10-7-11-19-38)52(45-24-14-9-15-25-45)48-28-17-27-46(50(47)48)42-22-16-23-44(36-42)51-43-33-31-40(32-34-43)37(3)29-30-39(5-2)41-20-12-8-13-21-41/h4-21,23-34,36,42,51H,1,3,22,35H2,2H3/b26-6-,30-29-,39-5+. The lowest BCUT2D eigenvalue weighted by molar-refractivity contribution is 0.852. The second-order valence-electron chi connectivity index (χ2n) is 13.1. The van der Waals surface area contributed by atoms with Gasteiger partial charge in [0, 0.05) is 46.1 Å². The number of anilines is 1. The molecule has 0 amide bonds. The third kappa shape index (κ3) is 7.52. The first-order valence-corrected chi connectivity index (χ1v) is 18.0. The van der Waals surface area contributed by atoms with Crippen LogP contribution in [0.25, 0.3) is 33.8 Å². The summed E-state index contributed by atoms with van der Waals surface area (Å²) in [5.41, 5.74) is 14.1. The monoisotopic (exact) mass is 672 g/mol. The van der Waals surface area contributed by atoms with Crippen LogP contribution >= 0.6 is 0 Å². The fraction of sp³-hybridized carbons (Fsp3) is 0.0800. The highest BCUT2D eigenvalue weighted by molar-refractivity contribution is 5.96. The molecule has 7 rings (SSSR count). The summed E-state index contributed by atoms with van der Waals surface area (Å²) in [4.78, 5) is 0. The molecule has 0 radical (unpaired) electrons. The zero-order chi connectivity index (χ0) is 35.7. The van der Waals surface area contributed by atoms with E-state index in [4.69, 9.17) is 0 Å². The molecule has 1 atom stereocenters. The SMILES string of the molecule is C=C/C=C\c1c(Cc2ccccc2)n(-c2ccccc2)c2cccc(C3C=C(Nc4ccc(C(=C)/C=C\C(=C/C)c5ccccc5)cc4)C=CC3)c12. The van der Waals surface area contributed by atoms with Gasteiger partial charge in [-0.1, -0.05) is 165 Å². The Kier molecular flexibility index (Phi) is 10.6. The minimum absolute atomic E-state index is 0.206. The number of fused-ring (bicyclic) bond motifs is 1. The fourth-order valence-electron chi connectivity index (χ4n) is 7.13. The number of para-hydroxylation sites is 1. The van der Waals surface area contributed by atoms with Gasteiger partial charge in [-0.2, -0.15) is 0 Å². The van der Waals surface area contributed by atoms with Crippen LogP contribution in [-0.4, -0.2) is 4.57 Å². The summed E-state index contributed by atoms with van der Waals surface area (Å²) >= 11 is 0. The quantitative estimate of drug-likeness (QED) is 0.128. The Labute approximate surface area is 308 Å². The van der Waals surface area contributed by atoms with Crippen molar-refractivity contribution in [2.45, 2.75) is 25.7 Å². The van der Waals surface area contributed by atoms with Gasteiger partial charge in [0.2, 0.25) is 0 Å². The molecule has 52 heavy (non-hydrogen) atoms. The van der Waals surface area contributed by atoms with Gasteiger partial charge in [0.15, 0.2) is 0 Å². The Hall–Kier alpha value is -6.38. The summed E-state index contributed by atoms with van der Waals surface area (Å²) in [5.74, 6) is 0.206. The summed E-state index contributed by atoms with van der Waals surface area (Å²) in [6.07, 6.45) is 21.1. The highest BCUT2D eigenvalue weighted by Gasteiger charge is 2.23. The highest BCUT2D eigenvalue weighted by atomic mass is 15.0. The van der Waals surface area contributed by atoms with Crippen molar-refractivity contribution in [1.82, 2.24) is 4.57 Å². The van der Waals surface area contributed by atoms with Crippen LogP contribution in [0.15, 0.2) is 201 Å². The lowest BCUT2D eigenvalue weighted by Crippen LogP contribution is -2.06. The van der Waals surface area contributed by atoms with Gasteiger partial charge in [0.1, 0.15) is 0 Å². The van der Waals surface area contributed by atoms with Crippen molar-refractivity contribution in [3.05, 3.63) is 234 Å². The summed E-state index contributed by atoms with van der Waals surface area (Å²) in [6, 6.07) is 47.2. The van der Waals surface area contributed by atoms with E-state index in [9.17, 15) is 0 Å². The predicted octanol–water partition coefficient (Wildman–Crippen LogP) is 13.1. The first-order chi connectivity index (χ1) is 25.6. The Morgan fingerprint density at radius 2 is 1.50 bits per heavy atom. The number of hydrogen-bond donors (Lipinski definition) is 1. The molecule has 2 heteroatoms. The number of nitrogens with one attached hydrogen (secondary N) is 1. The lowest BCUT2D eigenvalue weighted by Gasteiger charge is -2.20. The third-order valence-corrected chi connectivity index (χ3v) is 9.69. The molecule has 0 fully saturated rings. The predicted molar refractivity (Wildman–Crippen MR) is 225 cm³/mol. The van der Waals surface area contributed by atoms with Crippen molar-refractivity contribution in [1.29, 1.82) is 0 Å². The molecule has 1 aromatic heterocycles. The maximum Gasteiger partial charge on any atom is 0.0540 e. The molecule has 2 nitrogen and oxygen atoms in total. The normalized spacial score (nSPS) is 14.6. The summed E-state index contributed by atoms with van der Waals surface area (Å²) < 4.78 is 2.45. The van der Waals surface area contributed by atoms with Crippen LogP contribution < -0.4 is 5.32 Å². The average Bonchev–Trinajstić information content (AvgIpc) is 3.51. The van der Waals surface area contributed by atoms with Crippen LogP contribution in [0.4, 0.5) is 5.69 Å². The van der Waals surface area contributed by atoms with E-state index < -0.39 is 0 Å². The van der Waals surface area contributed by atoms with Crippen LogP contribution in [0.5, 0.6) is 0 Å². The van der Waals surface area contributed by atoms with E-state index in [1.807, 2.05) is 12.1 Å². The Bertz CT molecular complexity index is 2330. The number of hydrogen-bond acceptors (Lipinski definition) is 1. The second kappa shape index (κ2) is 16.1. The molecule has 0 aliphatic heterocycles. The molecular formula is C50H44N2. The van der Waals surface area contributed by atoms with Gasteiger partial charge in [-0.15, -0.1) is 0 Å². The number of nitrogens with zero attached hydrogens (tertiary/aromatic N) is 1. The number of rotatable bonds is 12. The molecule has 0 saturated heterocycles.